The van der Waals surface area contributed by atoms with E-state index in [9.17, 15) is 19.5 Å². The van der Waals surface area contributed by atoms with Gasteiger partial charge in [-0.3, -0.25) is 14.4 Å². The van der Waals surface area contributed by atoms with Crippen molar-refractivity contribution in [3.05, 3.63) is 54.6 Å². The van der Waals surface area contributed by atoms with Crippen LogP contribution in [0, 0.1) is 31.6 Å². The number of thioether (sulfide) groups is 1. The molecular formula is C30H40N2O5S. The summed E-state index contributed by atoms with van der Waals surface area (Å²) in [6, 6.07) is 4.58. The number of anilines is 1. The predicted molar refractivity (Wildman–Crippen MR) is 151 cm³/mol. The van der Waals surface area contributed by atoms with Gasteiger partial charge in [-0.25, -0.2) is 0 Å². The van der Waals surface area contributed by atoms with Crippen LogP contribution < -0.4 is 4.90 Å². The van der Waals surface area contributed by atoms with Gasteiger partial charge >= 0.3 is 5.97 Å². The van der Waals surface area contributed by atoms with Crippen molar-refractivity contribution in [2.75, 3.05) is 24.7 Å². The highest BCUT2D eigenvalue weighted by Gasteiger charge is 2.78. The van der Waals surface area contributed by atoms with Gasteiger partial charge in [0.05, 0.1) is 29.2 Å². The molecule has 38 heavy (non-hydrogen) atoms. The van der Waals surface area contributed by atoms with Crippen LogP contribution in [0.5, 0.6) is 0 Å². The average molecular weight is 541 g/mol. The smallest absolute Gasteiger partial charge is 0.311 e. The third-order valence-corrected chi connectivity index (χ3v) is 10.6. The maximum Gasteiger partial charge on any atom is 0.311 e. The van der Waals surface area contributed by atoms with E-state index in [-0.39, 0.29) is 37.5 Å². The van der Waals surface area contributed by atoms with E-state index < -0.39 is 39.4 Å². The fraction of sp³-hybridized carbons (Fsp3) is 0.567. The van der Waals surface area contributed by atoms with Crippen LogP contribution in [0.3, 0.4) is 0 Å². The molecule has 3 fully saturated rings. The summed E-state index contributed by atoms with van der Waals surface area (Å²) in [5.41, 5.74) is 2.74. The van der Waals surface area contributed by atoms with Gasteiger partial charge in [-0.05, 0) is 56.7 Å². The van der Waals surface area contributed by atoms with Crippen molar-refractivity contribution < 1.29 is 24.2 Å². The standard InChI is InChI=1S/C30H40N2O5S/c1-8-14-31(21-16-19(5)10-11-20(21)6)27(35)25-30-13-12-29(7,38-30)24(28(36)37-15-9-2)23(30)26(34)32(25)22(17-33)18(3)4/h8-11,16,18,22-25,33H,1-2,12-15,17H2,3-7H3/t22-,23-,24+,25?,29-,30?/m0/s1. The van der Waals surface area contributed by atoms with Crippen LogP contribution in [0.2, 0.25) is 0 Å². The highest BCUT2D eigenvalue weighted by molar-refractivity contribution is 8.02. The molecule has 0 radical (unpaired) electrons. The van der Waals surface area contributed by atoms with Crippen LogP contribution >= 0.6 is 11.8 Å². The first-order valence-corrected chi connectivity index (χ1v) is 14.2. The topological polar surface area (TPSA) is 87.1 Å². The Morgan fingerprint density at radius 2 is 1.97 bits per heavy atom. The molecule has 3 aliphatic rings. The van der Waals surface area contributed by atoms with Crippen molar-refractivity contribution in [3.8, 4) is 0 Å². The molecule has 3 heterocycles. The second-order valence-corrected chi connectivity index (χ2v) is 13.3. The Hall–Kier alpha value is -2.58. The Balaban J connectivity index is 1.87. The van der Waals surface area contributed by atoms with E-state index in [0.717, 1.165) is 16.8 Å². The second kappa shape index (κ2) is 10.5. The van der Waals surface area contributed by atoms with Crippen LogP contribution in [0.25, 0.3) is 0 Å². The van der Waals surface area contributed by atoms with Gasteiger partial charge in [0.2, 0.25) is 5.91 Å². The van der Waals surface area contributed by atoms with Gasteiger partial charge in [-0.15, -0.1) is 18.3 Å². The Labute approximate surface area is 230 Å². The van der Waals surface area contributed by atoms with E-state index in [0.29, 0.717) is 12.8 Å². The minimum absolute atomic E-state index is 0.0705. The normalized spacial score (nSPS) is 30.3. The molecule has 1 spiro atoms. The second-order valence-electron chi connectivity index (χ2n) is 11.4. The lowest BCUT2D eigenvalue weighted by molar-refractivity contribution is -0.155. The number of fused-ring (bicyclic) bond motifs is 1. The first-order chi connectivity index (χ1) is 18.0. The lowest BCUT2D eigenvalue weighted by Gasteiger charge is -2.41. The minimum atomic E-state index is -0.830. The lowest BCUT2D eigenvalue weighted by atomic mass is 9.66. The third kappa shape index (κ3) is 4.30. The fourth-order valence-corrected chi connectivity index (χ4v) is 9.13. The average Bonchev–Trinajstić information content (AvgIpc) is 3.43. The van der Waals surface area contributed by atoms with Crippen molar-refractivity contribution in [2.24, 2.45) is 17.8 Å². The van der Waals surface area contributed by atoms with Crippen molar-refractivity contribution in [2.45, 2.75) is 69.0 Å². The number of hydrogen-bond acceptors (Lipinski definition) is 6. The molecule has 3 saturated heterocycles. The fourth-order valence-electron chi connectivity index (χ4n) is 6.80. The van der Waals surface area contributed by atoms with E-state index in [1.165, 1.54) is 6.08 Å². The van der Waals surface area contributed by atoms with Gasteiger partial charge in [-0.1, -0.05) is 44.7 Å². The predicted octanol–water partition coefficient (Wildman–Crippen LogP) is 4.05. The van der Waals surface area contributed by atoms with Gasteiger partial charge in [0.15, 0.2) is 0 Å². The number of carbonyl (C=O) groups excluding carboxylic acids is 3. The monoisotopic (exact) mass is 540 g/mol. The number of rotatable bonds is 10. The van der Waals surface area contributed by atoms with E-state index in [1.807, 2.05) is 52.8 Å². The van der Waals surface area contributed by atoms with Crippen molar-refractivity contribution in [1.82, 2.24) is 4.90 Å². The van der Waals surface area contributed by atoms with Crippen LogP contribution in [-0.4, -0.2) is 69.1 Å². The van der Waals surface area contributed by atoms with Gasteiger partial charge in [0.25, 0.3) is 5.91 Å². The molecule has 2 bridgehead atoms. The van der Waals surface area contributed by atoms with E-state index in [4.69, 9.17) is 4.74 Å². The zero-order chi connectivity index (χ0) is 28.0. The van der Waals surface area contributed by atoms with Crippen molar-refractivity contribution >= 4 is 35.2 Å². The minimum Gasteiger partial charge on any atom is -0.461 e. The molecular weight excluding hydrogens is 500 g/mol. The number of amides is 2. The molecule has 0 saturated carbocycles. The highest BCUT2D eigenvalue weighted by atomic mass is 32.2. The van der Waals surface area contributed by atoms with Gasteiger partial charge in [0, 0.05) is 17.0 Å². The number of carbonyl (C=O) groups is 3. The molecule has 1 N–H and O–H groups in total. The third-order valence-electron chi connectivity index (χ3n) is 8.59. The molecule has 7 nitrogen and oxygen atoms in total. The number of ether oxygens (including phenoxy) is 1. The summed E-state index contributed by atoms with van der Waals surface area (Å²) in [7, 11) is 0. The number of benzene rings is 1. The number of hydrogen-bond donors (Lipinski definition) is 1. The summed E-state index contributed by atoms with van der Waals surface area (Å²) in [6.45, 7) is 17.5. The van der Waals surface area contributed by atoms with Crippen LogP contribution in [0.4, 0.5) is 5.69 Å². The molecule has 0 aromatic heterocycles. The lowest BCUT2D eigenvalue weighted by Crippen LogP contribution is -2.58. The molecule has 2 unspecified atom stereocenters. The Morgan fingerprint density at radius 3 is 2.58 bits per heavy atom. The van der Waals surface area contributed by atoms with E-state index >= 15 is 0 Å². The summed E-state index contributed by atoms with van der Waals surface area (Å²) in [6.07, 6.45) is 4.54. The number of nitrogens with zero attached hydrogens (tertiary/aromatic N) is 2. The van der Waals surface area contributed by atoms with E-state index in [2.05, 4.69) is 13.2 Å². The highest BCUT2D eigenvalue weighted by Crippen LogP contribution is 2.72. The van der Waals surface area contributed by atoms with Crippen LogP contribution in [-0.2, 0) is 19.1 Å². The van der Waals surface area contributed by atoms with Gasteiger partial charge in [-0.2, -0.15) is 0 Å². The summed E-state index contributed by atoms with van der Waals surface area (Å²) in [4.78, 5) is 45.8. The first kappa shape index (κ1) is 28.4. The number of likely N-dealkylation sites (tertiary alicyclic amines) is 1. The Bertz CT molecular complexity index is 1150. The number of esters is 1. The first-order valence-electron chi connectivity index (χ1n) is 13.4. The largest absolute Gasteiger partial charge is 0.461 e. The maximum absolute atomic E-state index is 14.7. The van der Waals surface area contributed by atoms with E-state index in [1.54, 1.807) is 27.6 Å². The zero-order valence-electron chi connectivity index (χ0n) is 23.1. The van der Waals surface area contributed by atoms with Crippen molar-refractivity contribution in [3.63, 3.8) is 0 Å². The SMILES string of the molecule is C=CCOC(=O)[C@H]1[C@H]2C(=O)N([C@@H](CO)C(C)C)C(C(=O)N(CC=C)c3cc(C)ccc3C)C23CC[C@]1(C)S3. The number of aryl methyl sites for hydroxylation is 2. The summed E-state index contributed by atoms with van der Waals surface area (Å²) in [5, 5.41) is 10.4. The molecule has 8 heteroatoms. The molecule has 4 rings (SSSR count). The number of aliphatic hydroxyl groups excluding tert-OH is 1. The van der Waals surface area contributed by atoms with Gasteiger partial charge < -0.3 is 19.6 Å². The summed E-state index contributed by atoms with van der Waals surface area (Å²) in [5.74, 6) is -2.33. The number of aliphatic hydroxyl groups is 1. The molecule has 6 atom stereocenters. The zero-order valence-corrected chi connectivity index (χ0v) is 23.9. The van der Waals surface area contributed by atoms with Gasteiger partial charge in [0.1, 0.15) is 12.6 Å². The Morgan fingerprint density at radius 1 is 1.26 bits per heavy atom. The maximum atomic E-state index is 14.7. The van der Waals surface area contributed by atoms with Crippen molar-refractivity contribution in [1.29, 1.82) is 0 Å². The molecule has 206 valence electrons. The summed E-state index contributed by atoms with van der Waals surface area (Å²) >= 11 is 1.60. The van der Waals surface area contributed by atoms with Crippen LogP contribution in [0.1, 0.15) is 44.7 Å². The Kier molecular flexibility index (Phi) is 7.88. The molecule has 3 aliphatic heterocycles. The molecule has 0 aliphatic carbocycles. The quantitative estimate of drug-likeness (QED) is 0.356. The molecule has 1 aromatic carbocycles. The molecule has 1 aromatic rings. The summed E-state index contributed by atoms with van der Waals surface area (Å²) < 4.78 is 4.19. The van der Waals surface area contributed by atoms with Crippen LogP contribution in [0.15, 0.2) is 43.5 Å². The molecule has 2 amide bonds.